The first-order valence-electron chi connectivity index (χ1n) is 5.86. The Hall–Kier alpha value is -1.26. The summed E-state index contributed by atoms with van der Waals surface area (Å²) in [6.07, 6.45) is 1.51. The van der Waals surface area contributed by atoms with Crippen LogP contribution in [0.5, 0.6) is 0 Å². The van der Waals surface area contributed by atoms with Crippen molar-refractivity contribution in [1.82, 2.24) is 0 Å². The Kier molecular flexibility index (Phi) is 4.09. The van der Waals surface area contributed by atoms with Crippen LogP contribution in [0.2, 0.25) is 5.02 Å². The summed E-state index contributed by atoms with van der Waals surface area (Å²) in [7, 11) is 1.39. The van der Waals surface area contributed by atoms with Crippen molar-refractivity contribution in [3.05, 3.63) is 29.3 Å². The van der Waals surface area contributed by atoms with Crippen LogP contribution in [0.15, 0.2) is 24.3 Å². The van der Waals surface area contributed by atoms with Gasteiger partial charge in [0.15, 0.2) is 5.54 Å². The molecule has 0 spiro atoms. The predicted molar refractivity (Wildman–Crippen MR) is 69.9 cm³/mol. The highest BCUT2D eigenvalue weighted by atomic mass is 35.5. The number of rotatable bonds is 3. The third-order valence-corrected chi connectivity index (χ3v) is 3.26. The average Bonchev–Trinajstić information content (AvgIpc) is 2.39. The molecule has 1 atom stereocenters. The van der Waals surface area contributed by atoms with Crippen LogP contribution in [0.4, 0.5) is 5.69 Å². The Balaban J connectivity index is 2.22. The molecule has 18 heavy (non-hydrogen) atoms. The minimum atomic E-state index is -0.808. The molecule has 98 valence electrons. The molecule has 0 aromatic heterocycles. The fourth-order valence-corrected chi connectivity index (χ4v) is 2.33. The van der Waals surface area contributed by atoms with Gasteiger partial charge in [-0.25, -0.2) is 4.79 Å². The van der Waals surface area contributed by atoms with Gasteiger partial charge in [0.25, 0.3) is 0 Å². The molecular weight excluding hydrogens is 254 g/mol. The maximum atomic E-state index is 12.0. The van der Waals surface area contributed by atoms with E-state index in [1.54, 1.807) is 12.1 Å². The van der Waals surface area contributed by atoms with E-state index < -0.39 is 5.54 Å². The van der Waals surface area contributed by atoms with E-state index in [9.17, 15) is 4.79 Å². The summed E-state index contributed by atoms with van der Waals surface area (Å²) in [5.74, 6) is -0.304. The van der Waals surface area contributed by atoms with Gasteiger partial charge in [0.2, 0.25) is 0 Å². The number of ether oxygens (including phenoxy) is 2. The Morgan fingerprint density at radius 2 is 2.39 bits per heavy atom. The molecule has 0 radical (unpaired) electrons. The van der Waals surface area contributed by atoms with Crippen LogP contribution in [0.3, 0.4) is 0 Å². The van der Waals surface area contributed by atoms with E-state index in [0.29, 0.717) is 24.7 Å². The molecule has 0 saturated carbocycles. The quantitative estimate of drug-likeness (QED) is 0.857. The number of hydrogen-bond donors (Lipinski definition) is 1. The van der Waals surface area contributed by atoms with Crippen molar-refractivity contribution in [2.45, 2.75) is 18.4 Å². The summed E-state index contributed by atoms with van der Waals surface area (Å²) < 4.78 is 10.3. The third-order valence-electron chi connectivity index (χ3n) is 3.03. The van der Waals surface area contributed by atoms with Gasteiger partial charge in [0.1, 0.15) is 0 Å². The van der Waals surface area contributed by atoms with Gasteiger partial charge in [0.05, 0.1) is 13.7 Å². The van der Waals surface area contributed by atoms with Gasteiger partial charge in [-0.2, -0.15) is 0 Å². The molecule has 1 aromatic carbocycles. The van der Waals surface area contributed by atoms with Gasteiger partial charge in [-0.1, -0.05) is 17.7 Å². The van der Waals surface area contributed by atoms with Crippen LogP contribution in [-0.4, -0.2) is 31.8 Å². The molecule has 1 unspecified atom stereocenters. The summed E-state index contributed by atoms with van der Waals surface area (Å²) >= 11 is 5.93. The van der Waals surface area contributed by atoms with E-state index in [4.69, 9.17) is 21.1 Å². The first kappa shape index (κ1) is 13.2. The van der Waals surface area contributed by atoms with Crippen LogP contribution >= 0.6 is 11.6 Å². The molecule has 5 heteroatoms. The first-order valence-corrected chi connectivity index (χ1v) is 6.24. The van der Waals surface area contributed by atoms with Gasteiger partial charge in [0, 0.05) is 17.3 Å². The van der Waals surface area contributed by atoms with Crippen molar-refractivity contribution < 1.29 is 14.3 Å². The topological polar surface area (TPSA) is 47.6 Å². The summed E-state index contributed by atoms with van der Waals surface area (Å²) in [4.78, 5) is 12.0. The molecular formula is C13H16ClNO3. The molecule has 0 bridgehead atoms. The Morgan fingerprint density at radius 1 is 1.56 bits per heavy atom. The number of nitrogens with one attached hydrogen (secondary N) is 1. The van der Waals surface area contributed by atoms with E-state index in [0.717, 1.165) is 12.1 Å². The van der Waals surface area contributed by atoms with Crippen molar-refractivity contribution >= 4 is 23.3 Å². The van der Waals surface area contributed by atoms with E-state index in [1.165, 1.54) is 7.11 Å². The highest BCUT2D eigenvalue weighted by molar-refractivity contribution is 6.30. The zero-order valence-corrected chi connectivity index (χ0v) is 11.0. The second-order valence-electron chi connectivity index (χ2n) is 4.37. The fourth-order valence-electron chi connectivity index (χ4n) is 2.14. The molecule has 1 fully saturated rings. The molecule has 1 N–H and O–H groups in total. The number of benzene rings is 1. The van der Waals surface area contributed by atoms with Crippen LogP contribution in [0.25, 0.3) is 0 Å². The Labute approximate surface area is 111 Å². The minimum Gasteiger partial charge on any atom is -0.467 e. The van der Waals surface area contributed by atoms with E-state index in [2.05, 4.69) is 5.32 Å². The van der Waals surface area contributed by atoms with Crippen molar-refractivity contribution in [3.8, 4) is 0 Å². The zero-order chi connectivity index (χ0) is 13.0. The molecule has 1 aliphatic rings. The molecule has 1 aromatic rings. The lowest BCUT2D eigenvalue weighted by Crippen LogP contribution is -2.53. The Bertz CT molecular complexity index is 430. The molecule has 2 rings (SSSR count). The number of anilines is 1. The summed E-state index contributed by atoms with van der Waals surface area (Å²) in [6, 6.07) is 7.26. The lowest BCUT2D eigenvalue weighted by atomic mass is 9.92. The number of halogens is 1. The number of esters is 1. The summed E-state index contributed by atoms with van der Waals surface area (Å²) in [6.45, 7) is 0.988. The predicted octanol–water partition coefficient (Wildman–Crippen LogP) is 2.47. The molecule has 1 aliphatic heterocycles. The second kappa shape index (κ2) is 5.59. The molecule has 4 nitrogen and oxygen atoms in total. The Morgan fingerprint density at radius 3 is 3.00 bits per heavy atom. The smallest absolute Gasteiger partial charge is 0.333 e. The van der Waals surface area contributed by atoms with Gasteiger partial charge < -0.3 is 14.8 Å². The molecule has 1 heterocycles. The maximum absolute atomic E-state index is 12.0. The lowest BCUT2D eigenvalue weighted by Gasteiger charge is -2.35. The van der Waals surface area contributed by atoms with Gasteiger partial charge in [-0.3, -0.25) is 0 Å². The number of carbonyl (C=O) groups is 1. The lowest BCUT2D eigenvalue weighted by molar-refractivity contribution is -0.150. The van der Waals surface area contributed by atoms with E-state index in [1.807, 2.05) is 12.1 Å². The van der Waals surface area contributed by atoms with E-state index >= 15 is 0 Å². The minimum absolute atomic E-state index is 0.304. The van der Waals surface area contributed by atoms with Crippen LogP contribution < -0.4 is 5.32 Å². The van der Waals surface area contributed by atoms with Crippen molar-refractivity contribution in [2.24, 2.45) is 0 Å². The van der Waals surface area contributed by atoms with Gasteiger partial charge in [-0.05, 0) is 31.0 Å². The molecule has 0 aliphatic carbocycles. The highest BCUT2D eigenvalue weighted by Gasteiger charge is 2.41. The van der Waals surface area contributed by atoms with Gasteiger partial charge >= 0.3 is 5.97 Å². The van der Waals surface area contributed by atoms with Crippen molar-refractivity contribution in [1.29, 1.82) is 0 Å². The fraction of sp³-hybridized carbons (Fsp3) is 0.462. The van der Waals surface area contributed by atoms with Gasteiger partial charge in [-0.15, -0.1) is 0 Å². The summed E-state index contributed by atoms with van der Waals surface area (Å²) in [5, 5.41) is 3.82. The number of carbonyl (C=O) groups excluding carboxylic acids is 1. The normalized spacial score (nSPS) is 23.4. The molecule has 1 saturated heterocycles. The molecule has 0 amide bonds. The maximum Gasteiger partial charge on any atom is 0.333 e. The van der Waals surface area contributed by atoms with Crippen LogP contribution in [0.1, 0.15) is 12.8 Å². The van der Waals surface area contributed by atoms with Crippen molar-refractivity contribution in [2.75, 3.05) is 25.6 Å². The number of methoxy groups -OCH3 is 1. The van der Waals surface area contributed by atoms with Crippen LogP contribution in [0, 0.1) is 0 Å². The van der Waals surface area contributed by atoms with Crippen molar-refractivity contribution in [3.63, 3.8) is 0 Å². The van der Waals surface area contributed by atoms with Crippen LogP contribution in [-0.2, 0) is 14.3 Å². The van der Waals surface area contributed by atoms with E-state index in [-0.39, 0.29) is 5.97 Å². The highest BCUT2D eigenvalue weighted by Crippen LogP contribution is 2.27. The second-order valence-corrected chi connectivity index (χ2v) is 4.80. The number of hydrogen-bond acceptors (Lipinski definition) is 4. The first-order chi connectivity index (χ1) is 8.66. The third kappa shape index (κ3) is 2.76. The SMILES string of the molecule is COC(=O)C1(Nc2cccc(Cl)c2)CCCOC1. The summed E-state index contributed by atoms with van der Waals surface area (Å²) in [5.41, 5.74) is -0.0177. The zero-order valence-electron chi connectivity index (χ0n) is 10.2. The average molecular weight is 270 g/mol. The largest absolute Gasteiger partial charge is 0.467 e. The standard InChI is InChI=1S/C13H16ClNO3/c1-17-12(16)13(6-3-7-18-9-13)15-11-5-2-4-10(14)8-11/h2,4-5,8,15H,3,6-7,9H2,1H3. The monoisotopic (exact) mass is 269 g/mol.